The Morgan fingerprint density at radius 1 is 1.23 bits per heavy atom. The molecule has 5 nitrogen and oxygen atoms in total. The van der Waals surface area contributed by atoms with Crippen molar-refractivity contribution in [2.45, 2.75) is 39.0 Å². The van der Waals surface area contributed by atoms with Crippen LogP contribution in [0.5, 0.6) is 0 Å². The minimum Gasteiger partial charge on any atom is -0.338 e. The topological polar surface area (TPSA) is 63.5 Å². The number of hydrogen-bond donors (Lipinski definition) is 0. The van der Waals surface area contributed by atoms with Crippen molar-refractivity contribution in [1.29, 1.82) is 0 Å². The molecule has 0 spiro atoms. The summed E-state index contributed by atoms with van der Waals surface area (Å²) < 4.78 is 0. The van der Waals surface area contributed by atoms with Gasteiger partial charge in [0.1, 0.15) is 0 Å². The number of nitro groups is 1. The maximum absolute atomic E-state index is 12.7. The van der Waals surface area contributed by atoms with Crippen molar-refractivity contribution in [3.63, 3.8) is 0 Å². The van der Waals surface area contributed by atoms with Crippen molar-refractivity contribution in [2.75, 3.05) is 13.1 Å². The number of nitrogens with zero attached hydrogens (tertiary/aromatic N) is 2. The van der Waals surface area contributed by atoms with E-state index in [-0.39, 0.29) is 11.6 Å². The number of nitro benzene ring substituents is 1. The van der Waals surface area contributed by atoms with E-state index in [1.807, 2.05) is 4.90 Å². The van der Waals surface area contributed by atoms with Crippen LogP contribution in [0.15, 0.2) is 18.2 Å². The molecule has 0 radical (unpaired) electrons. The van der Waals surface area contributed by atoms with Gasteiger partial charge in [0.2, 0.25) is 0 Å². The number of fused-ring (bicyclic) bond motifs is 1. The first-order valence-corrected chi connectivity index (χ1v) is 8.10. The highest BCUT2D eigenvalue weighted by Crippen LogP contribution is 2.36. The summed E-state index contributed by atoms with van der Waals surface area (Å²) >= 11 is 0. The van der Waals surface area contributed by atoms with Crippen molar-refractivity contribution in [2.24, 2.45) is 11.8 Å². The number of benzene rings is 1. The van der Waals surface area contributed by atoms with Gasteiger partial charge in [-0.1, -0.05) is 19.3 Å². The largest absolute Gasteiger partial charge is 0.338 e. The van der Waals surface area contributed by atoms with E-state index in [4.69, 9.17) is 0 Å². The molecular formula is C17H22N2O3. The van der Waals surface area contributed by atoms with Gasteiger partial charge in [0.25, 0.3) is 11.6 Å². The van der Waals surface area contributed by atoms with Crippen LogP contribution in [0.25, 0.3) is 0 Å². The van der Waals surface area contributed by atoms with E-state index < -0.39 is 4.92 Å². The first-order chi connectivity index (χ1) is 10.6. The molecule has 1 aromatic rings. The van der Waals surface area contributed by atoms with Gasteiger partial charge in [-0.3, -0.25) is 14.9 Å². The molecule has 0 aromatic heterocycles. The molecule has 1 amide bonds. The van der Waals surface area contributed by atoms with Crippen LogP contribution in [-0.2, 0) is 0 Å². The zero-order chi connectivity index (χ0) is 15.7. The first-order valence-electron chi connectivity index (χ1n) is 8.10. The lowest BCUT2D eigenvalue weighted by Gasteiger charge is -2.41. The number of amides is 1. The molecule has 3 rings (SSSR count). The number of carbonyl (C=O) groups is 1. The maximum atomic E-state index is 12.7. The van der Waals surface area contributed by atoms with Gasteiger partial charge in [-0.2, -0.15) is 0 Å². The van der Waals surface area contributed by atoms with Crippen LogP contribution in [0.3, 0.4) is 0 Å². The molecule has 5 heteroatoms. The smallest absolute Gasteiger partial charge is 0.272 e. The second kappa shape index (κ2) is 6.07. The van der Waals surface area contributed by atoms with Gasteiger partial charge in [0.15, 0.2) is 0 Å². The van der Waals surface area contributed by atoms with Gasteiger partial charge in [0.05, 0.1) is 4.92 Å². The number of carbonyl (C=O) groups excluding carboxylic acids is 1. The molecule has 22 heavy (non-hydrogen) atoms. The molecule has 0 bridgehead atoms. The van der Waals surface area contributed by atoms with Gasteiger partial charge >= 0.3 is 0 Å². The fraction of sp³-hybridized carbons (Fsp3) is 0.588. The monoisotopic (exact) mass is 302 g/mol. The Morgan fingerprint density at radius 2 is 1.95 bits per heavy atom. The fourth-order valence-corrected chi connectivity index (χ4v) is 3.96. The third-order valence-corrected chi connectivity index (χ3v) is 5.22. The third kappa shape index (κ3) is 2.85. The van der Waals surface area contributed by atoms with Gasteiger partial charge in [-0.05, 0) is 43.7 Å². The standard InChI is InChI=1S/C17H22N2O3/c1-12-10-14(6-7-16(12)19(21)22)17(20)18-9-8-13-4-2-3-5-15(13)11-18/h6-7,10,13,15H,2-5,8-9,11H2,1H3. The van der Waals surface area contributed by atoms with E-state index in [0.717, 1.165) is 25.4 Å². The molecule has 2 fully saturated rings. The van der Waals surface area contributed by atoms with E-state index in [9.17, 15) is 14.9 Å². The number of likely N-dealkylation sites (tertiary alicyclic amines) is 1. The summed E-state index contributed by atoms with van der Waals surface area (Å²) in [7, 11) is 0. The normalized spacial score (nSPS) is 24.7. The van der Waals surface area contributed by atoms with Crippen LogP contribution < -0.4 is 0 Å². The minimum absolute atomic E-state index is 0.0158. The average Bonchev–Trinajstić information content (AvgIpc) is 2.53. The summed E-state index contributed by atoms with van der Waals surface area (Å²) in [6.07, 6.45) is 6.25. The Bertz CT molecular complexity index is 600. The van der Waals surface area contributed by atoms with Crippen molar-refractivity contribution in [1.82, 2.24) is 4.90 Å². The van der Waals surface area contributed by atoms with E-state index in [1.54, 1.807) is 19.1 Å². The molecule has 1 heterocycles. The molecule has 2 aliphatic rings. The van der Waals surface area contributed by atoms with Crippen molar-refractivity contribution in [3.05, 3.63) is 39.4 Å². The molecule has 1 aromatic carbocycles. The molecule has 1 saturated carbocycles. The molecule has 1 saturated heterocycles. The number of rotatable bonds is 2. The predicted molar refractivity (Wildman–Crippen MR) is 83.8 cm³/mol. The minimum atomic E-state index is -0.406. The Hall–Kier alpha value is -1.91. The van der Waals surface area contributed by atoms with Crippen LogP contribution in [0.4, 0.5) is 5.69 Å². The van der Waals surface area contributed by atoms with E-state index in [0.29, 0.717) is 17.0 Å². The molecule has 2 unspecified atom stereocenters. The Labute approximate surface area is 130 Å². The summed E-state index contributed by atoms with van der Waals surface area (Å²) in [6, 6.07) is 4.67. The number of piperidine rings is 1. The molecule has 1 aliphatic heterocycles. The lowest BCUT2D eigenvalue weighted by atomic mass is 9.75. The summed E-state index contributed by atoms with van der Waals surface area (Å²) in [5.41, 5.74) is 1.18. The number of aryl methyl sites for hydroxylation is 1. The molecule has 118 valence electrons. The van der Waals surface area contributed by atoms with Gasteiger partial charge in [0, 0.05) is 30.3 Å². The maximum Gasteiger partial charge on any atom is 0.272 e. The van der Waals surface area contributed by atoms with E-state index >= 15 is 0 Å². The molecule has 0 N–H and O–H groups in total. The second-order valence-electron chi connectivity index (χ2n) is 6.60. The fourth-order valence-electron chi connectivity index (χ4n) is 3.96. The van der Waals surface area contributed by atoms with Crippen LogP contribution in [0.1, 0.15) is 48.0 Å². The lowest BCUT2D eigenvalue weighted by molar-refractivity contribution is -0.385. The summed E-state index contributed by atoms with van der Waals surface area (Å²) in [5, 5.41) is 10.9. The average molecular weight is 302 g/mol. The predicted octanol–water partition coefficient (Wildman–Crippen LogP) is 3.56. The van der Waals surface area contributed by atoms with Crippen LogP contribution in [-0.4, -0.2) is 28.8 Å². The van der Waals surface area contributed by atoms with Crippen LogP contribution in [0, 0.1) is 28.9 Å². The summed E-state index contributed by atoms with van der Waals surface area (Å²) in [6.45, 7) is 3.35. The van der Waals surface area contributed by atoms with Gasteiger partial charge in [-0.25, -0.2) is 0 Å². The lowest BCUT2D eigenvalue weighted by Crippen LogP contribution is -2.44. The Morgan fingerprint density at radius 3 is 2.64 bits per heavy atom. The van der Waals surface area contributed by atoms with Crippen molar-refractivity contribution < 1.29 is 9.72 Å². The zero-order valence-electron chi connectivity index (χ0n) is 13.0. The molecule has 2 atom stereocenters. The van der Waals surface area contributed by atoms with Crippen molar-refractivity contribution in [3.8, 4) is 0 Å². The van der Waals surface area contributed by atoms with Crippen LogP contribution in [0.2, 0.25) is 0 Å². The third-order valence-electron chi connectivity index (χ3n) is 5.22. The summed E-state index contributed by atoms with van der Waals surface area (Å²) in [4.78, 5) is 25.1. The highest BCUT2D eigenvalue weighted by atomic mass is 16.6. The SMILES string of the molecule is Cc1cc(C(=O)N2CCC3CCCCC3C2)ccc1[N+](=O)[O-]. The van der Waals surface area contributed by atoms with Gasteiger partial charge in [-0.15, -0.1) is 0 Å². The highest BCUT2D eigenvalue weighted by molar-refractivity contribution is 5.94. The van der Waals surface area contributed by atoms with Gasteiger partial charge < -0.3 is 4.90 Å². The summed E-state index contributed by atoms with van der Waals surface area (Å²) in [5.74, 6) is 1.45. The first kappa shape index (κ1) is 15.0. The Kier molecular flexibility index (Phi) is 4.14. The van der Waals surface area contributed by atoms with Crippen molar-refractivity contribution >= 4 is 11.6 Å². The van der Waals surface area contributed by atoms with Crippen LogP contribution >= 0.6 is 0 Å². The molecular weight excluding hydrogens is 280 g/mol. The van der Waals surface area contributed by atoms with E-state index in [1.165, 1.54) is 31.7 Å². The Balaban J connectivity index is 1.74. The highest BCUT2D eigenvalue weighted by Gasteiger charge is 2.33. The molecule has 1 aliphatic carbocycles. The zero-order valence-corrected chi connectivity index (χ0v) is 13.0. The number of hydrogen-bond acceptors (Lipinski definition) is 3. The second-order valence-corrected chi connectivity index (χ2v) is 6.60. The van der Waals surface area contributed by atoms with E-state index in [2.05, 4.69) is 0 Å². The quantitative estimate of drug-likeness (QED) is 0.620.